The van der Waals surface area contributed by atoms with E-state index >= 15 is 0 Å². The number of rotatable bonds is 2. The van der Waals surface area contributed by atoms with Crippen LogP contribution in [0.1, 0.15) is 0 Å². The molecule has 0 spiro atoms. The summed E-state index contributed by atoms with van der Waals surface area (Å²) < 4.78 is 28.1. The Labute approximate surface area is 91.4 Å². The molecule has 4 nitrogen and oxygen atoms in total. The van der Waals surface area contributed by atoms with Gasteiger partial charge >= 0.3 is 0 Å². The van der Waals surface area contributed by atoms with Gasteiger partial charge in [-0.05, 0) is 24.3 Å². The van der Waals surface area contributed by atoms with E-state index < -0.39 is 9.84 Å². The SMILES string of the molecule is O=S(=O)(c1ccc(Cl)cc1)c1co[c]n1. The van der Waals surface area contributed by atoms with Gasteiger partial charge in [-0.1, -0.05) is 11.6 Å². The molecule has 77 valence electrons. The molecule has 0 saturated carbocycles. The second kappa shape index (κ2) is 3.67. The van der Waals surface area contributed by atoms with E-state index in [1.165, 1.54) is 24.3 Å². The van der Waals surface area contributed by atoms with Gasteiger partial charge in [0.25, 0.3) is 6.39 Å². The summed E-state index contributed by atoms with van der Waals surface area (Å²) in [6.07, 6.45) is 3.12. The van der Waals surface area contributed by atoms with Crippen LogP contribution in [-0.4, -0.2) is 13.4 Å². The predicted octanol–water partition coefficient (Wildman–Crippen LogP) is 1.96. The van der Waals surface area contributed by atoms with Crippen molar-refractivity contribution in [2.75, 3.05) is 0 Å². The monoisotopic (exact) mass is 242 g/mol. The number of oxazole rings is 1. The molecule has 1 radical (unpaired) electrons. The van der Waals surface area contributed by atoms with Crippen LogP contribution in [-0.2, 0) is 9.84 Å². The summed E-state index contributed by atoms with van der Waals surface area (Å²) in [7, 11) is -3.61. The van der Waals surface area contributed by atoms with Crippen LogP contribution in [0.5, 0.6) is 0 Å². The first-order valence-electron chi connectivity index (χ1n) is 3.93. The van der Waals surface area contributed by atoms with E-state index in [0.29, 0.717) is 5.02 Å². The number of aromatic nitrogens is 1. The van der Waals surface area contributed by atoms with Gasteiger partial charge in [-0.2, -0.15) is 4.98 Å². The lowest BCUT2D eigenvalue weighted by Crippen LogP contribution is -2.01. The summed E-state index contributed by atoms with van der Waals surface area (Å²) in [5.41, 5.74) is 0. The Hall–Kier alpha value is -1.33. The highest BCUT2D eigenvalue weighted by molar-refractivity contribution is 7.91. The molecule has 1 aromatic heterocycles. The highest BCUT2D eigenvalue weighted by Crippen LogP contribution is 2.20. The van der Waals surface area contributed by atoms with Crippen LogP contribution in [0.4, 0.5) is 0 Å². The maximum Gasteiger partial charge on any atom is 0.284 e. The Morgan fingerprint density at radius 1 is 1.27 bits per heavy atom. The van der Waals surface area contributed by atoms with E-state index in [1.807, 2.05) is 0 Å². The maximum atomic E-state index is 11.8. The second-order valence-electron chi connectivity index (χ2n) is 2.73. The van der Waals surface area contributed by atoms with Crippen molar-refractivity contribution < 1.29 is 12.8 Å². The van der Waals surface area contributed by atoms with E-state index in [2.05, 4.69) is 15.8 Å². The standard InChI is InChI=1S/C9H5ClNO3S/c10-7-1-3-8(4-2-7)15(12,13)9-5-14-6-11-9/h1-5H. The van der Waals surface area contributed by atoms with Gasteiger partial charge < -0.3 is 4.42 Å². The molecule has 0 amide bonds. The second-order valence-corrected chi connectivity index (χ2v) is 5.07. The summed E-state index contributed by atoms with van der Waals surface area (Å²) in [4.78, 5) is 3.59. The van der Waals surface area contributed by atoms with Crippen LogP contribution < -0.4 is 0 Å². The Morgan fingerprint density at radius 3 is 2.47 bits per heavy atom. The Balaban J connectivity index is 2.52. The Bertz CT molecular complexity index is 546. The molecule has 0 unspecified atom stereocenters. The van der Waals surface area contributed by atoms with Crippen molar-refractivity contribution in [1.29, 1.82) is 0 Å². The molecular formula is C9H5ClNO3S. The summed E-state index contributed by atoms with van der Waals surface area (Å²) in [6.45, 7) is 0. The number of nitrogens with zero attached hydrogens (tertiary/aromatic N) is 1. The average Bonchev–Trinajstić information content (AvgIpc) is 2.71. The minimum Gasteiger partial charge on any atom is -0.440 e. The molecule has 0 bridgehead atoms. The van der Waals surface area contributed by atoms with Crippen LogP contribution in [0.25, 0.3) is 0 Å². The lowest BCUT2D eigenvalue weighted by molar-refractivity contribution is 0.543. The highest BCUT2D eigenvalue weighted by Gasteiger charge is 2.20. The average molecular weight is 243 g/mol. The zero-order valence-electron chi connectivity index (χ0n) is 7.34. The lowest BCUT2D eigenvalue weighted by atomic mass is 10.4. The van der Waals surface area contributed by atoms with Gasteiger partial charge in [0.15, 0.2) is 5.03 Å². The summed E-state index contributed by atoms with van der Waals surface area (Å²) in [6, 6.07) is 5.81. The van der Waals surface area contributed by atoms with E-state index in [9.17, 15) is 8.42 Å². The maximum absolute atomic E-state index is 11.8. The van der Waals surface area contributed by atoms with Crippen LogP contribution in [0.2, 0.25) is 5.02 Å². The first-order valence-corrected chi connectivity index (χ1v) is 5.79. The molecule has 0 aliphatic heterocycles. The Morgan fingerprint density at radius 2 is 1.93 bits per heavy atom. The van der Waals surface area contributed by atoms with E-state index in [0.717, 1.165) is 6.26 Å². The van der Waals surface area contributed by atoms with Gasteiger partial charge in [0.2, 0.25) is 9.84 Å². The molecule has 1 heterocycles. The normalized spacial score (nSPS) is 11.5. The van der Waals surface area contributed by atoms with Gasteiger partial charge in [0.05, 0.1) is 4.90 Å². The molecule has 6 heteroatoms. The van der Waals surface area contributed by atoms with Crippen molar-refractivity contribution in [1.82, 2.24) is 4.98 Å². The molecule has 0 fully saturated rings. The van der Waals surface area contributed by atoms with Crippen molar-refractivity contribution in [3.8, 4) is 0 Å². The zero-order valence-corrected chi connectivity index (χ0v) is 8.92. The van der Waals surface area contributed by atoms with E-state index in [-0.39, 0.29) is 9.92 Å². The molecule has 15 heavy (non-hydrogen) atoms. The van der Waals surface area contributed by atoms with Crippen molar-refractivity contribution in [3.05, 3.63) is 41.9 Å². The predicted molar refractivity (Wildman–Crippen MR) is 52.2 cm³/mol. The van der Waals surface area contributed by atoms with Gasteiger partial charge in [-0.25, -0.2) is 8.42 Å². The van der Waals surface area contributed by atoms with Crippen molar-refractivity contribution in [3.63, 3.8) is 0 Å². The molecule has 0 aliphatic carbocycles. The Kier molecular flexibility index (Phi) is 2.50. The summed E-state index contributed by atoms with van der Waals surface area (Å²) in [5.74, 6) is 0. The number of hydrogen-bond donors (Lipinski definition) is 0. The lowest BCUT2D eigenvalue weighted by Gasteiger charge is -1.99. The molecule has 0 saturated heterocycles. The molecular weight excluding hydrogens is 238 g/mol. The summed E-state index contributed by atoms with van der Waals surface area (Å²) in [5, 5.41) is 0.311. The molecule has 0 N–H and O–H groups in total. The van der Waals surface area contributed by atoms with Gasteiger partial charge in [0, 0.05) is 5.02 Å². The number of sulfone groups is 1. The number of benzene rings is 1. The van der Waals surface area contributed by atoms with E-state index in [4.69, 9.17) is 11.6 Å². The first kappa shape index (κ1) is 10.2. The van der Waals surface area contributed by atoms with Gasteiger partial charge in [-0.3, -0.25) is 0 Å². The van der Waals surface area contributed by atoms with E-state index in [1.54, 1.807) is 0 Å². The molecule has 2 aromatic rings. The minimum atomic E-state index is -3.61. The first-order chi connectivity index (χ1) is 7.10. The third kappa shape index (κ3) is 1.88. The number of halogens is 1. The van der Waals surface area contributed by atoms with Crippen LogP contribution in [0.3, 0.4) is 0 Å². The van der Waals surface area contributed by atoms with Crippen LogP contribution in [0, 0.1) is 6.39 Å². The van der Waals surface area contributed by atoms with Crippen LogP contribution in [0.15, 0.2) is 44.9 Å². The van der Waals surface area contributed by atoms with Crippen molar-refractivity contribution in [2.24, 2.45) is 0 Å². The molecule has 2 rings (SSSR count). The minimum absolute atomic E-state index is 0.120. The molecule has 0 aliphatic rings. The fourth-order valence-electron chi connectivity index (χ4n) is 1.03. The topological polar surface area (TPSA) is 60.2 Å². The largest absolute Gasteiger partial charge is 0.440 e. The van der Waals surface area contributed by atoms with Crippen LogP contribution >= 0.6 is 11.6 Å². The third-order valence-electron chi connectivity index (χ3n) is 1.77. The smallest absolute Gasteiger partial charge is 0.284 e. The number of hydrogen-bond acceptors (Lipinski definition) is 4. The summed E-state index contributed by atoms with van der Waals surface area (Å²) >= 11 is 5.65. The van der Waals surface area contributed by atoms with Crippen molar-refractivity contribution in [2.45, 2.75) is 9.92 Å². The molecule has 0 atom stereocenters. The highest BCUT2D eigenvalue weighted by atomic mass is 35.5. The van der Waals surface area contributed by atoms with Gasteiger partial charge in [-0.15, -0.1) is 0 Å². The molecule has 1 aromatic carbocycles. The third-order valence-corrected chi connectivity index (χ3v) is 3.65. The van der Waals surface area contributed by atoms with Crippen molar-refractivity contribution >= 4 is 21.4 Å². The fourth-order valence-corrected chi connectivity index (χ4v) is 2.23. The van der Waals surface area contributed by atoms with Gasteiger partial charge in [0.1, 0.15) is 6.26 Å². The quantitative estimate of drug-likeness (QED) is 0.808. The zero-order chi connectivity index (χ0) is 10.9. The fraction of sp³-hybridized carbons (Fsp3) is 0.